The van der Waals surface area contributed by atoms with Crippen molar-refractivity contribution in [1.82, 2.24) is 9.62 Å². The molecule has 0 aromatic heterocycles. The van der Waals surface area contributed by atoms with Gasteiger partial charge in [0.2, 0.25) is 15.9 Å². The van der Waals surface area contributed by atoms with Crippen LogP contribution in [0.4, 0.5) is 5.69 Å². The number of hydrogen-bond donors (Lipinski definition) is 2. The number of sulfonamides is 1. The van der Waals surface area contributed by atoms with Gasteiger partial charge in [0.1, 0.15) is 0 Å². The number of carbonyl (C=O) groups is 1. The third-order valence-electron chi connectivity index (χ3n) is 4.78. The molecule has 2 aliphatic rings. The van der Waals surface area contributed by atoms with Crippen molar-refractivity contribution >= 4 is 34.0 Å². The Morgan fingerprint density at radius 1 is 1.21 bits per heavy atom. The first-order chi connectivity index (χ1) is 10.9. The quantitative estimate of drug-likeness (QED) is 0.827. The van der Waals surface area contributed by atoms with Crippen molar-refractivity contribution in [3.63, 3.8) is 0 Å². The minimum Gasteiger partial charge on any atom is -0.326 e. The van der Waals surface area contributed by atoms with Crippen LogP contribution in [0.5, 0.6) is 0 Å². The predicted molar refractivity (Wildman–Crippen MR) is 96.1 cm³/mol. The Hall–Kier alpha value is -1.15. The molecule has 0 aliphatic carbocycles. The number of rotatable bonds is 2. The van der Waals surface area contributed by atoms with E-state index >= 15 is 0 Å². The highest BCUT2D eigenvalue weighted by atomic mass is 35.5. The van der Waals surface area contributed by atoms with Crippen molar-refractivity contribution < 1.29 is 13.2 Å². The van der Waals surface area contributed by atoms with Crippen molar-refractivity contribution in [2.24, 2.45) is 0 Å². The van der Waals surface area contributed by atoms with Crippen molar-refractivity contribution in [1.29, 1.82) is 0 Å². The number of hydrogen-bond acceptors (Lipinski definition) is 4. The number of piperazine rings is 1. The van der Waals surface area contributed by atoms with E-state index < -0.39 is 10.0 Å². The summed E-state index contributed by atoms with van der Waals surface area (Å²) in [4.78, 5) is 11.9. The summed E-state index contributed by atoms with van der Waals surface area (Å²) in [5.41, 5.74) is 1.63. The van der Waals surface area contributed by atoms with Gasteiger partial charge in [0.25, 0.3) is 0 Å². The van der Waals surface area contributed by atoms with E-state index in [2.05, 4.69) is 10.6 Å². The van der Waals surface area contributed by atoms with Gasteiger partial charge in [-0.3, -0.25) is 4.79 Å². The third kappa shape index (κ3) is 3.59. The summed E-state index contributed by atoms with van der Waals surface area (Å²) in [6, 6.07) is 5.06. The second-order valence-electron chi connectivity index (χ2n) is 6.32. The average molecular weight is 374 g/mol. The summed E-state index contributed by atoms with van der Waals surface area (Å²) >= 11 is 0. The number of fused-ring (bicyclic) bond motifs is 1. The molecular weight excluding hydrogens is 350 g/mol. The van der Waals surface area contributed by atoms with Crippen molar-refractivity contribution in [2.45, 2.75) is 50.1 Å². The monoisotopic (exact) mass is 373 g/mol. The molecule has 3 rings (SSSR count). The van der Waals surface area contributed by atoms with E-state index in [4.69, 9.17) is 0 Å². The lowest BCUT2D eigenvalue weighted by Gasteiger charge is -2.37. The molecule has 2 aliphatic heterocycles. The van der Waals surface area contributed by atoms with Gasteiger partial charge >= 0.3 is 0 Å². The maximum absolute atomic E-state index is 13.0. The van der Waals surface area contributed by atoms with E-state index in [-0.39, 0.29) is 30.4 Å². The summed E-state index contributed by atoms with van der Waals surface area (Å²) in [6.45, 7) is 5.06. The second-order valence-corrected chi connectivity index (χ2v) is 8.21. The van der Waals surface area contributed by atoms with Gasteiger partial charge in [-0.1, -0.05) is 0 Å². The molecule has 0 radical (unpaired) electrons. The largest absolute Gasteiger partial charge is 0.326 e. The van der Waals surface area contributed by atoms with E-state index in [1.807, 2.05) is 13.8 Å². The molecule has 2 N–H and O–H groups in total. The standard InChI is InChI=1S/C16H23N3O3S.ClH/c1-11-12(2)19(9-8-17-11)23(21,22)14-6-7-15-13(10-14)4-3-5-16(20)18-15;/h6-7,10-12,17H,3-5,8-9H2,1-2H3,(H,18,20);1H. The topological polar surface area (TPSA) is 78.5 Å². The summed E-state index contributed by atoms with van der Waals surface area (Å²) in [5, 5.41) is 6.13. The molecular formula is C16H24ClN3O3S. The zero-order valence-corrected chi connectivity index (χ0v) is 15.5. The first-order valence-corrected chi connectivity index (χ1v) is 9.51. The van der Waals surface area contributed by atoms with E-state index in [0.29, 0.717) is 30.8 Å². The molecule has 2 atom stereocenters. The first kappa shape index (κ1) is 19.2. The zero-order chi connectivity index (χ0) is 16.6. The lowest BCUT2D eigenvalue weighted by atomic mass is 10.1. The van der Waals surface area contributed by atoms with Gasteiger partial charge in [0, 0.05) is 37.3 Å². The van der Waals surface area contributed by atoms with E-state index in [0.717, 1.165) is 17.7 Å². The Labute approximate surface area is 149 Å². The van der Waals surface area contributed by atoms with E-state index in [1.54, 1.807) is 22.5 Å². The van der Waals surface area contributed by atoms with Gasteiger partial charge in [-0.2, -0.15) is 4.31 Å². The van der Waals surface area contributed by atoms with Crippen LogP contribution in [0.25, 0.3) is 0 Å². The number of aryl methyl sites for hydroxylation is 1. The fourth-order valence-corrected chi connectivity index (χ4v) is 4.97. The molecule has 134 valence electrons. The Morgan fingerprint density at radius 3 is 2.71 bits per heavy atom. The number of halogens is 1. The fourth-order valence-electron chi connectivity index (χ4n) is 3.21. The molecule has 0 bridgehead atoms. The predicted octanol–water partition coefficient (Wildman–Crippen LogP) is 1.75. The minimum absolute atomic E-state index is 0. The van der Waals surface area contributed by atoms with Gasteiger partial charge in [0.05, 0.1) is 4.90 Å². The maximum Gasteiger partial charge on any atom is 0.243 e. The average Bonchev–Trinajstić information content (AvgIpc) is 2.69. The molecule has 1 saturated heterocycles. The Balaban J connectivity index is 0.00000208. The summed E-state index contributed by atoms with van der Waals surface area (Å²) < 4.78 is 27.6. The van der Waals surface area contributed by atoms with Gasteiger partial charge in [-0.15, -0.1) is 12.4 Å². The van der Waals surface area contributed by atoms with Crippen LogP contribution in [0, 0.1) is 0 Å². The summed E-state index contributed by atoms with van der Waals surface area (Å²) in [6.07, 6.45) is 1.93. The molecule has 2 heterocycles. The van der Waals surface area contributed by atoms with Gasteiger partial charge in [-0.05, 0) is 50.5 Å². The molecule has 1 fully saturated rings. The molecule has 8 heteroatoms. The number of carbonyl (C=O) groups excluding carboxylic acids is 1. The normalized spacial score (nSPS) is 25.2. The second kappa shape index (κ2) is 7.39. The first-order valence-electron chi connectivity index (χ1n) is 8.07. The zero-order valence-electron chi connectivity index (χ0n) is 13.9. The van der Waals surface area contributed by atoms with Crippen molar-refractivity contribution in [3.8, 4) is 0 Å². The lowest BCUT2D eigenvalue weighted by molar-refractivity contribution is -0.116. The van der Waals surface area contributed by atoms with E-state index in [9.17, 15) is 13.2 Å². The van der Waals surface area contributed by atoms with Crippen LogP contribution in [-0.4, -0.2) is 43.8 Å². The maximum atomic E-state index is 13.0. The smallest absolute Gasteiger partial charge is 0.243 e. The van der Waals surface area contributed by atoms with Gasteiger partial charge in [0.15, 0.2) is 0 Å². The molecule has 1 aromatic carbocycles. The third-order valence-corrected chi connectivity index (χ3v) is 6.77. The molecule has 1 aromatic rings. The SMILES string of the molecule is CC1NCCN(S(=O)(=O)c2ccc3c(c2)CCCC(=O)N3)C1C.Cl. The minimum atomic E-state index is -3.52. The molecule has 24 heavy (non-hydrogen) atoms. The Kier molecular flexibility index (Phi) is 5.91. The molecule has 2 unspecified atom stereocenters. The van der Waals surface area contributed by atoms with Crippen LogP contribution < -0.4 is 10.6 Å². The van der Waals surface area contributed by atoms with Crippen molar-refractivity contribution in [2.75, 3.05) is 18.4 Å². The van der Waals surface area contributed by atoms with Gasteiger partial charge < -0.3 is 10.6 Å². The van der Waals surface area contributed by atoms with Crippen LogP contribution in [0.2, 0.25) is 0 Å². The van der Waals surface area contributed by atoms with E-state index in [1.165, 1.54) is 0 Å². The Bertz CT molecular complexity index is 723. The van der Waals surface area contributed by atoms with Crippen LogP contribution in [-0.2, 0) is 21.2 Å². The number of benzene rings is 1. The summed E-state index contributed by atoms with van der Waals surface area (Å²) in [7, 11) is -3.52. The highest BCUT2D eigenvalue weighted by Gasteiger charge is 2.34. The van der Waals surface area contributed by atoms with Gasteiger partial charge in [-0.25, -0.2) is 8.42 Å². The molecule has 1 amide bonds. The summed E-state index contributed by atoms with van der Waals surface area (Å²) in [5.74, 6) is -0.0103. The van der Waals surface area contributed by atoms with Crippen molar-refractivity contribution in [3.05, 3.63) is 23.8 Å². The number of nitrogens with zero attached hydrogens (tertiary/aromatic N) is 1. The number of nitrogens with one attached hydrogen (secondary N) is 2. The molecule has 6 nitrogen and oxygen atoms in total. The Morgan fingerprint density at radius 2 is 1.96 bits per heavy atom. The van der Waals surface area contributed by atoms with Crippen LogP contribution in [0.3, 0.4) is 0 Å². The molecule has 0 saturated carbocycles. The number of amides is 1. The lowest BCUT2D eigenvalue weighted by Crippen LogP contribution is -2.57. The van der Waals surface area contributed by atoms with Crippen LogP contribution in [0.1, 0.15) is 32.3 Å². The highest BCUT2D eigenvalue weighted by molar-refractivity contribution is 7.89. The molecule has 0 spiro atoms. The highest BCUT2D eigenvalue weighted by Crippen LogP contribution is 2.28. The van der Waals surface area contributed by atoms with Crippen LogP contribution in [0.15, 0.2) is 23.1 Å². The fraction of sp³-hybridized carbons (Fsp3) is 0.562. The van der Waals surface area contributed by atoms with Crippen LogP contribution >= 0.6 is 12.4 Å². The number of anilines is 1.